The number of hydrogen-bond acceptors (Lipinski definition) is 12. The summed E-state index contributed by atoms with van der Waals surface area (Å²) in [5.74, 6) is -1.35. The van der Waals surface area contributed by atoms with Gasteiger partial charge in [0.05, 0.1) is 26.4 Å². The number of ether oxygens (including phenoxy) is 9. The normalized spacial score (nSPS) is 27.5. The predicted molar refractivity (Wildman–Crippen MR) is 144 cm³/mol. The summed E-state index contributed by atoms with van der Waals surface area (Å²) in [4.78, 5) is 13.3. The highest BCUT2D eigenvalue weighted by Gasteiger charge is 2.56. The van der Waals surface area contributed by atoms with Crippen molar-refractivity contribution in [3.8, 4) is 39.9 Å². The average molecular weight is 619 g/mol. The van der Waals surface area contributed by atoms with Gasteiger partial charge < -0.3 is 52.8 Å². The molecule has 4 aliphatic heterocycles. The third-order valence-corrected chi connectivity index (χ3v) is 7.97. The molecule has 5 unspecified atom stereocenters. The van der Waals surface area contributed by atoms with E-state index in [0.717, 1.165) is 0 Å². The molecule has 0 aliphatic carbocycles. The molecule has 3 aromatic rings. The number of halogens is 2. The van der Waals surface area contributed by atoms with Gasteiger partial charge in [-0.25, -0.2) is 4.79 Å². The maximum Gasteiger partial charge on any atom is 0.586 e. The van der Waals surface area contributed by atoms with Crippen LogP contribution in [-0.2, 0) is 25.6 Å². The summed E-state index contributed by atoms with van der Waals surface area (Å²) in [5, 5.41) is 22.2. The molecule has 0 saturated carbocycles. The SMILES string of the molecule is COc1cc2c(OC3OC(CO)C4OC(C)(C)OC4C3O)c3c(c(-c4ccc5c(c4)OC(F)(F)O5)c2cc1OC)C(=O)OC3. The number of aliphatic hydroxyl groups is 2. The van der Waals surface area contributed by atoms with Crippen LogP contribution in [0.2, 0.25) is 0 Å². The number of benzene rings is 3. The zero-order valence-electron chi connectivity index (χ0n) is 23.9. The van der Waals surface area contributed by atoms with Gasteiger partial charge in [0.25, 0.3) is 0 Å². The number of rotatable bonds is 6. The number of carbonyl (C=O) groups excluding carboxylic acids is 1. The predicted octanol–water partition coefficient (Wildman–Crippen LogP) is 3.49. The highest BCUT2D eigenvalue weighted by atomic mass is 19.3. The molecule has 0 amide bonds. The number of cyclic esters (lactones) is 1. The standard InChI is InChI=1S/C30H28F2O12/c1-29(2)43-25-20(10-33)39-28(23(34)26(25)44-29)40-24-14-9-18(37-4)17(36-3)8-13(14)21(22-15(24)11-38-27(22)35)12-5-6-16-19(7-12)42-30(31,32)41-16/h5-9,20,23,25-26,28,33-34H,10-11H2,1-4H3. The number of hydrogen-bond donors (Lipinski definition) is 2. The van der Waals surface area contributed by atoms with Gasteiger partial charge >= 0.3 is 12.3 Å². The van der Waals surface area contributed by atoms with Crippen molar-refractivity contribution in [2.75, 3.05) is 20.8 Å². The Hall–Kier alpha value is -3.95. The molecule has 5 atom stereocenters. The van der Waals surface area contributed by atoms with E-state index in [1.807, 2.05) is 0 Å². The minimum absolute atomic E-state index is 0.105. The van der Waals surface area contributed by atoms with Crippen LogP contribution in [0.25, 0.3) is 21.9 Å². The van der Waals surface area contributed by atoms with Crippen LogP contribution >= 0.6 is 0 Å². The van der Waals surface area contributed by atoms with E-state index in [1.165, 1.54) is 32.4 Å². The summed E-state index contributed by atoms with van der Waals surface area (Å²) in [5.41, 5.74) is 1.10. The molecule has 234 valence electrons. The van der Waals surface area contributed by atoms with Crippen molar-refractivity contribution in [1.82, 2.24) is 0 Å². The van der Waals surface area contributed by atoms with Crippen molar-refractivity contribution in [3.05, 3.63) is 41.5 Å². The van der Waals surface area contributed by atoms with E-state index in [4.69, 9.17) is 33.2 Å². The maximum atomic E-state index is 13.8. The number of carbonyl (C=O) groups is 1. The van der Waals surface area contributed by atoms with Gasteiger partial charge in [0, 0.05) is 16.5 Å². The second kappa shape index (κ2) is 10.0. The van der Waals surface area contributed by atoms with Crippen LogP contribution in [0.4, 0.5) is 8.78 Å². The lowest BCUT2D eigenvalue weighted by Gasteiger charge is -2.39. The molecular weight excluding hydrogens is 590 g/mol. The number of methoxy groups -OCH3 is 2. The van der Waals surface area contributed by atoms with Crippen LogP contribution in [0.3, 0.4) is 0 Å². The van der Waals surface area contributed by atoms with Gasteiger partial charge in [-0.15, -0.1) is 8.78 Å². The van der Waals surface area contributed by atoms with E-state index in [9.17, 15) is 23.8 Å². The van der Waals surface area contributed by atoms with E-state index < -0.39 is 55.4 Å². The monoisotopic (exact) mass is 618 g/mol. The van der Waals surface area contributed by atoms with Crippen LogP contribution < -0.4 is 23.7 Å². The van der Waals surface area contributed by atoms with Crippen molar-refractivity contribution >= 4 is 16.7 Å². The molecule has 14 heteroatoms. The summed E-state index contributed by atoms with van der Waals surface area (Å²) in [7, 11) is 2.89. The first-order valence-electron chi connectivity index (χ1n) is 13.7. The molecule has 2 N–H and O–H groups in total. The molecule has 0 spiro atoms. The Morgan fingerprint density at radius 3 is 2.34 bits per heavy atom. The first-order valence-corrected chi connectivity index (χ1v) is 13.7. The van der Waals surface area contributed by atoms with Crippen LogP contribution in [0, 0.1) is 0 Å². The lowest BCUT2D eigenvalue weighted by Crippen LogP contribution is -2.58. The van der Waals surface area contributed by atoms with Gasteiger partial charge in [0.15, 0.2) is 28.8 Å². The van der Waals surface area contributed by atoms with Crippen molar-refractivity contribution in [1.29, 1.82) is 0 Å². The molecule has 12 nitrogen and oxygen atoms in total. The Bertz CT molecular complexity index is 1670. The summed E-state index contributed by atoms with van der Waals surface area (Å²) in [6, 6.07) is 7.41. The Morgan fingerprint density at radius 2 is 1.64 bits per heavy atom. The minimum Gasteiger partial charge on any atom is -0.493 e. The fourth-order valence-electron chi connectivity index (χ4n) is 6.16. The van der Waals surface area contributed by atoms with Crippen LogP contribution in [0.5, 0.6) is 28.7 Å². The van der Waals surface area contributed by atoms with Gasteiger partial charge in [-0.3, -0.25) is 0 Å². The summed E-state index contributed by atoms with van der Waals surface area (Å²) in [6.07, 6.45) is -9.10. The quantitative estimate of drug-likeness (QED) is 0.391. The van der Waals surface area contributed by atoms with Crippen molar-refractivity contribution in [2.24, 2.45) is 0 Å². The zero-order valence-corrected chi connectivity index (χ0v) is 23.9. The highest BCUT2D eigenvalue weighted by molar-refractivity contribution is 6.14. The molecule has 7 rings (SSSR count). The van der Waals surface area contributed by atoms with Gasteiger partial charge in [0.2, 0.25) is 6.29 Å². The second-order valence-electron chi connectivity index (χ2n) is 11.1. The first kappa shape index (κ1) is 28.8. The molecule has 2 fully saturated rings. The Balaban J connectivity index is 1.41. The van der Waals surface area contributed by atoms with Gasteiger partial charge in [-0.1, -0.05) is 6.07 Å². The van der Waals surface area contributed by atoms with E-state index in [0.29, 0.717) is 39.0 Å². The molecular formula is C30H28F2O12. The van der Waals surface area contributed by atoms with E-state index in [-0.39, 0.29) is 29.4 Å². The summed E-state index contributed by atoms with van der Waals surface area (Å²) in [6.45, 7) is 2.72. The molecule has 0 radical (unpaired) electrons. The fraction of sp³-hybridized carbons (Fsp3) is 0.433. The Morgan fingerprint density at radius 1 is 0.955 bits per heavy atom. The minimum atomic E-state index is -3.84. The molecule has 44 heavy (non-hydrogen) atoms. The number of fused-ring (bicyclic) bond motifs is 4. The lowest BCUT2D eigenvalue weighted by atomic mass is 9.89. The van der Waals surface area contributed by atoms with Crippen molar-refractivity contribution in [2.45, 2.75) is 63.2 Å². The van der Waals surface area contributed by atoms with Crippen LogP contribution in [-0.4, -0.2) is 79.8 Å². The Labute approximate surface area is 248 Å². The third-order valence-electron chi connectivity index (χ3n) is 7.97. The first-order chi connectivity index (χ1) is 20.9. The molecule has 4 aliphatic rings. The number of alkyl halides is 2. The lowest BCUT2D eigenvalue weighted by molar-refractivity contribution is -0.286. The van der Waals surface area contributed by atoms with Gasteiger partial charge in [-0.05, 0) is 49.1 Å². The number of aliphatic hydroxyl groups excluding tert-OH is 2. The summed E-state index contributed by atoms with van der Waals surface area (Å²) >= 11 is 0. The highest BCUT2D eigenvalue weighted by Crippen LogP contribution is 2.51. The van der Waals surface area contributed by atoms with Gasteiger partial charge in [-0.2, -0.15) is 0 Å². The fourth-order valence-corrected chi connectivity index (χ4v) is 6.16. The second-order valence-corrected chi connectivity index (χ2v) is 11.1. The molecule has 0 aromatic heterocycles. The third kappa shape index (κ3) is 4.47. The average Bonchev–Trinajstić information content (AvgIpc) is 3.63. The van der Waals surface area contributed by atoms with E-state index in [2.05, 4.69) is 9.47 Å². The van der Waals surface area contributed by atoms with Gasteiger partial charge in [0.1, 0.15) is 36.8 Å². The van der Waals surface area contributed by atoms with E-state index >= 15 is 0 Å². The largest absolute Gasteiger partial charge is 0.586 e. The molecule has 3 aromatic carbocycles. The van der Waals surface area contributed by atoms with Crippen LogP contribution in [0.15, 0.2) is 30.3 Å². The maximum absolute atomic E-state index is 13.8. The molecule has 2 saturated heterocycles. The van der Waals surface area contributed by atoms with Crippen molar-refractivity contribution in [3.63, 3.8) is 0 Å². The molecule has 0 bridgehead atoms. The summed E-state index contributed by atoms with van der Waals surface area (Å²) < 4.78 is 77.5. The van der Waals surface area contributed by atoms with Crippen LogP contribution in [0.1, 0.15) is 29.8 Å². The zero-order chi connectivity index (χ0) is 31.1. The Kier molecular flexibility index (Phi) is 6.57. The molecule has 4 heterocycles. The topological polar surface area (TPSA) is 141 Å². The smallest absolute Gasteiger partial charge is 0.493 e. The number of esters is 1. The van der Waals surface area contributed by atoms with E-state index in [1.54, 1.807) is 26.0 Å². The van der Waals surface area contributed by atoms with Crippen molar-refractivity contribution < 1.29 is 66.4 Å².